The van der Waals surface area contributed by atoms with Gasteiger partial charge in [-0.25, -0.2) is 4.98 Å². The number of benzene rings is 1. The van der Waals surface area contributed by atoms with Crippen LogP contribution in [-0.2, 0) is 30.5 Å². The van der Waals surface area contributed by atoms with Crippen LogP contribution in [0.3, 0.4) is 0 Å². The molecule has 5 rings (SSSR count). The summed E-state index contributed by atoms with van der Waals surface area (Å²) in [5, 5.41) is 3.90. The zero-order chi connectivity index (χ0) is 18.4. The minimum Gasteiger partial charge on any atom is -0.349 e. The number of carbonyl (C=O) groups is 1. The van der Waals surface area contributed by atoms with E-state index in [0.29, 0.717) is 18.7 Å². The van der Waals surface area contributed by atoms with Crippen LogP contribution in [0.1, 0.15) is 52.7 Å². The quantitative estimate of drug-likeness (QED) is 0.731. The number of hydrogen-bond acceptors (Lipinski definition) is 4. The molecule has 0 bridgehead atoms. The summed E-state index contributed by atoms with van der Waals surface area (Å²) >= 11 is 1.64. The average Bonchev–Trinajstić information content (AvgIpc) is 3.34. The Hall–Kier alpha value is -2.47. The third kappa shape index (κ3) is 2.98. The van der Waals surface area contributed by atoms with Crippen molar-refractivity contribution in [2.45, 2.75) is 51.0 Å². The van der Waals surface area contributed by atoms with E-state index < -0.39 is 0 Å². The van der Waals surface area contributed by atoms with Gasteiger partial charge in [0.05, 0.1) is 11.4 Å². The van der Waals surface area contributed by atoms with E-state index in [1.54, 1.807) is 11.3 Å². The number of nitrogens with one attached hydrogen (secondary N) is 2. The molecule has 6 heteroatoms. The highest BCUT2D eigenvalue weighted by atomic mass is 32.1. The van der Waals surface area contributed by atoms with Gasteiger partial charge in [-0.15, -0.1) is 11.3 Å². The Morgan fingerprint density at radius 3 is 3.07 bits per heavy atom. The van der Waals surface area contributed by atoms with E-state index in [9.17, 15) is 9.59 Å². The Morgan fingerprint density at radius 1 is 1.26 bits per heavy atom. The Labute approximate surface area is 160 Å². The van der Waals surface area contributed by atoms with Crippen LogP contribution < -0.4 is 10.9 Å². The molecule has 2 aromatic heterocycles. The Bertz CT molecular complexity index is 1100. The molecule has 3 aromatic rings. The number of rotatable bonds is 4. The fraction of sp³-hybridized carbons (Fsp3) is 0.381. The first-order valence-electron chi connectivity index (χ1n) is 9.59. The molecule has 2 N–H and O–H groups in total. The van der Waals surface area contributed by atoms with E-state index in [1.165, 1.54) is 21.6 Å². The van der Waals surface area contributed by atoms with Gasteiger partial charge in [-0.1, -0.05) is 24.3 Å². The van der Waals surface area contributed by atoms with E-state index in [2.05, 4.69) is 27.4 Å². The zero-order valence-corrected chi connectivity index (χ0v) is 15.8. The molecule has 0 spiro atoms. The van der Waals surface area contributed by atoms with Crippen LogP contribution in [0.5, 0.6) is 0 Å². The summed E-state index contributed by atoms with van der Waals surface area (Å²) in [7, 11) is 0. The minimum absolute atomic E-state index is 0.00752. The van der Waals surface area contributed by atoms with Crippen LogP contribution >= 0.6 is 11.3 Å². The lowest BCUT2D eigenvalue weighted by Gasteiger charge is -2.14. The highest BCUT2D eigenvalue weighted by Crippen LogP contribution is 2.34. The molecule has 0 saturated heterocycles. The molecule has 0 radical (unpaired) electrons. The van der Waals surface area contributed by atoms with Gasteiger partial charge in [0.25, 0.3) is 5.56 Å². The van der Waals surface area contributed by atoms with Crippen LogP contribution in [0.15, 0.2) is 29.1 Å². The van der Waals surface area contributed by atoms with Crippen molar-refractivity contribution < 1.29 is 4.79 Å². The number of aryl methyl sites for hydroxylation is 4. The number of H-pyrrole nitrogens is 1. The molecule has 1 amide bonds. The molecular formula is C21H21N3O2S. The van der Waals surface area contributed by atoms with Crippen LogP contribution in [0.4, 0.5) is 0 Å². The number of hydrogen-bond donors (Lipinski definition) is 2. The Balaban J connectivity index is 1.28. The predicted octanol–water partition coefficient (Wildman–Crippen LogP) is 3.21. The summed E-state index contributed by atoms with van der Waals surface area (Å²) in [6.07, 6.45) is 5.90. The summed E-state index contributed by atoms with van der Waals surface area (Å²) < 4.78 is 0. The summed E-state index contributed by atoms with van der Waals surface area (Å²) in [5.74, 6) is 0.613. The fourth-order valence-corrected chi connectivity index (χ4v) is 5.65. The second-order valence-electron chi connectivity index (χ2n) is 7.41. The third-order valence-corrected chi connectivity index (χ3v) is 6.87. The molecule has 1 unspecified atom stereocenters. The number of nitrogens with zero attached hydrogens (tertiary/aromatic N) is 1. The van der Waals surface area contributed by atoms with Crippen molar-refractivity contribution in [3.63, 3.8) is 0 Å². The molecule has 0 fully saturated rings. The maximum Gasteiger partial charge on any atom is 0.259 e. The normalized spacial score (nSPS) is 17.9. The lowest BCUT2D eigenvalue weighted by atomic mass is 10.1. The first kappa shape index (κ1) is 16.7. The van der Waals surface area contributed by atoms with Gasteiger partial charge in [0, 0.05) is 17.7 Å². The molecule has 0 saturated carbocycles. The number of thiophene rings is 1. The first-order valence-corrected chi connectivity index (χ1v) is 10.4. The molecule has 27 heavy (non-hydrogen) atoms. The molecule has 1 atom stereocenters. The molecule has 2 heterocycles. The summed E-state index contributed by atoms with van der Waals surface area (Å²) in [4.78, 5) is 34.5. The van der Waals surface area contributed by atoms with Crippen molar-refractivity contribution in [3.8, 4) is 0 Å². The van der Waals surface area contributed by atoms with E-state index in [-0.39, 0.29) is 17.5 Å². The molecule has 1 aromatic carbocycles. The standard InChI is InChI=1S/C21H21N3O2S/c25-18(22-15-9-8-12-4-1-2-5-13(12)15)11-10-17-23-20(26)19-14-6-3-7-16(14)27-21(19)24-17/h1-2,4-5,15H,3,6-11H2,(H,22,25)(H,23,24,26). The van der Waals surface area contributed by atoms with Gasteiger partial charge in [-0.05, 0) is 48.8 Å². The average molecular weight is 379 g/mol. The Kier molecular flexibility index (Phi) is 4.08. The molecule has 2 aliphatic rings. The van der Waals surface area contributed by atoms with Crippen LogP contribution in [0.25, 0.3) is 10.2 Å². The lowest BCUT2D eigenvalue weighted by Crippen LogP contribution is -2.27. The van der Waals surface area contributed by atoms with Gasteiger partial charge in [0.2, 0.25) is 5.91 Å². The van der Waals surface area contributed by atoms with Crippen LogP contribution in [0, 0.1) is 0 Å². The van der Waals surface area contributed by atoms with Crippen LogP contribution in [0.2, 0.25) is 0 Å². The number of amides is 1. The maximum absolute atomic E-state index is 12.5. The van der Waals surface area contributed by atoms with Crippen molar-refractivity contribution in [3.05, 3.63) is 62.0 Å². The second kappa shape index (κ2) is 6.60. The van der Waals surface area contributed by atoms with Gasteiger partial charge in [-0.2, -0.15) is 0 Å². The third-order valence-electron chi connectivity index (χ3n) is 5.68. The number of aromatic amines is 1. The number of fused-ring (bicyclic) bond motifs is 4. The highest BCUT2D eigenvalue weighted by molar-refractivity contribution is 7.18. The fourth-order valence-electron chi connectivity index (χ4n) is 4.37. The molecule has 138 valence electrons. The summed E-state index contributed by atoms with van der Waals surface area (Å²) in [5.41, 5.74) is 3.68. The highest BCUT2D eigenvalue weighted by Gasteiger charge is 2.24. The van der Waals surface area contributed by atoms with Crippen molar-refractivity contribution in [2.75, 3.05) is 0 Å². The molecule has 0 aliphatic heterocycles. The smallest absolute Gasteiger partial charge is 0.259 e. The predicted molar refractivity (Wildman–Crippen MR) is 106 cm³/mol. The van der Waals surface area contributed by atoms with E-state index >= 15 is 0 Å². The molecule has 5 nitrogen and oxygen atoms in total. The van der Waals surface area contributed by atoms with Gasteiger partial charge >= 0.3 is 0 Å². The van der Waals surface area contributed by atoms with E-state index in [0.717, 1.165) is 42.3 Å². The van der Waals surface area contributed by atoms with Crippen molar-refractivity contribution >= 4 is 27.5 Å². The zero-order valence-electron chi connectivity index (χ0n) is 15.0. The van der Waals surface area contributed by atoms with E-state index in [1.807, 2.05) is 12.1 Å². The maximum atomic E-state index is 12.5. The van der Waals surface area contributed by atoms with Gasteiger partial charge in [0.15, 0.2) is 0 Å². The van der Waals surface area contributed by atoms with Crippen molar-refractivity contribution in [2.24, 2.45) is 0 Å². The van der Waals surface area contributed by atoms with Crippen molar-refractivity contribution in [1.82, 2.24) is 15.3 Å². The summed E-state index contributed by atoms with van der Waals surface area (Å²) in [6.45, 7) is 0. The van der Waals surface area contributed by atoms with Crippen molar-refractivity contribution in [1.29, 1.82) is 0 Å². The van der Waals surface area contributed by atoms with Gasteiger partial charge < -0.3 is 10.3 Å². The lowest BCUT2D eigenvalue weighted by molar-refractivity contribution is -0.121. The number of carbonyl (C=O) groups excluding carboxylic acids is 1. The first-order chi connectivity index (χ1) is 13.2. The van der Waals surface area contributed by atoms with Crippen LogP contribution in [-0.4, -0.2) is 15.9 Å². The molecule has 2 aliphatic carbocycles. The SMILES string of the molecule is O=C(CCc1nc2sc3c(c2c(=O)[nH]1)CCC3)NC1CCc2ccccc21. The molecular weight excluding hydrogens is 358 g/mol. The second-order valence-corrected chi connectivity index (χ2v) is 8.49. The Morgan fingerprint density at radius 2 is 2.15 bits per heavy atom. The number of aromatic nitrogens is 2. The minimum atomic E-state index is -0.0560. The van der Waals surface area contributed by atoms with Gasteiger partial charge in [0.1, 0.15) is 10.7 Å². The monoisotopic (exact) mass is 379 g/mol. The van der Waals surface area contributed by atoms with Gasteiger partial charge in [-0.3, -0.25) is 9.59 Å². The largest absolute Gasteiger partial charge is 0.349 e. The summed E-state index contributed by atoms with van der Waals surface area (Å²) in [6, 6.07) is 8.39. The van der Waals surface area contributed by atoms with E-state index in [4.69, 9.17) is 0 Å². The topological polar surface area (TPSA) is 74.8 Å².